The normalized spacial score (nSPS) is 11.0. The van der Waals surface area contributed by atoms with Gasteiger partial charge >= 0.3 is 0 Å². The van der Waals surface area contributed by atoms with Gasteiger partial charge in [0.05, 0.1) is 0 Å². The topological polar surface area (TPSA) is 52.3 Å². The smallest absolute Gasteiger partial charge is 0.254 e. The number of carbonyl (C=O) groups excluding carboxylic acids is 1. The van der Waals surface area contributed by atoms with E-state index in [-0.39, 0.29) is 12.4 Å². The maximum Gasteiger partial charge on any atom is 0.254 e. The molecule has 0 aliphatic carbocycles. The largest absolute Gasteiger partial charge is 0.486 e. The number of nitrogens with two attached hydrogens (primary N) is 1. The summed E-state index contributed by atoms with van der Waals surface area (Å²) in [5.74, 6) is -3.37. The Hall–Kier alpha value is -1.91. The zero-order valence-corrected chi connectivity index (χ0v) is 12.2. The molecule has 0 unspecified atom stereocenters. The van der Waals surface area contributed by atoms with Crippen molar-refractivity contribution in [3.63, 3.8) is 0 Å². The molecule has 0 spiro atoms. The fraction of sp³-hybridized carbons (Fsp3) is 0.438. The lowest BCUT2D eigenvalue weighted by molar-refractivity contribution is 0.0991. The minimum absolute atomic E-state index is 0.161. The second kappa shape index (κ2) is 9.10. The number of hydrogen-bond acceptors (Lipinski definition) is 2. The molecule has 5 heteroatoms. The molecular weight excluding hydrogens is 276 g/mol. The summed E-state index contributed by atoms with van der Waals surface area (Å²) in [4.78, 5) is 11.0. The molecule has 0 aromatic heterocycles. The summed E-state index contributed by atoms with van der Waals surface area (Å²) in [6, 6.07) is 2.11. The minimum Gasteiger partial charge on any atom is -0.486 e. The fourth-order valence-electron chi connectivity index (χ4n) is 1.88. The van der Waals surface area contributed by atoms with Crippen LogP contribution in [0, 0.1) is 11.6 Å². The Morgan fingerprint density at radius 3 is 2.67 bits per heavy atom. The van der Waals surface area contributed by atoms with Crippen LogP contribution in [0.3, 0.4) is 0 Å². The third-order valence-electron chi connectivity index (χ3n) is 3.03. The minimum atomic E-state index is -1.15. The SMILES string of the molecule is CCCCCC/C=C/COc1ccc(F)c(C(N)=O)c1F. The van der Waals surface area contributed by atoms with Gasteiger partial charge in [0.1, 0.15) is 18.0 Å². The molecule has 2 N–H and O–H groups in total. The number of benzene rings is 1. The lowest BCUT2D eigenvalue weighted by Crippen LogP contribution is -2.16. The van der Waals surface area contributed by atoms with Gasteiger partial charge in [-0.3, -0.25) is 4.79 Å². The van der Waals surface area contributed by atoms with E-state index in [9.17, 15) is 13.6 Å². The molecule has 0 saturated carbocycles. The third-order valence-corrected chi connectivity index (χ3v) is 3.03. The molecule has 0 atom stereocenters. The summed E-state index contributed by atoms with van der Waals surface area (Å²) in [7, 11) is 0. The van der Waals surface area contributed by atoms with Crippen LogP contribution in [0.15, 0.2) is 24.3 Å². The highest BCUT2D eigenvalue weighted by Gasteiger charge is 2.18. The monoisotopic (exact) mass is 297 g/mol. The average Bonchev–Trinajstić information content (AvgIpc) is 2.43. The predicted molar refractivity (Wildman–Crippen MR) is 78.3 cm³/mol. The second-order valence-corrected chi connectivity index (χ2v) is 4.73. The van der Waals surface area contributed by atoms with Crippen LogP contribution in [0.4, 0.5) is 8.78 Å². The van der Waals surface area contributed by atoms with Gasteiger partial charge in [-0.05, 0) is 25.0 Å². The van der Waals surface area contributed by atoms with Gasteiger partial charge in [-0.1, -0.05) is 38.3 Å². The van der Waals surface area contributed by atoms with Crippen LogP contribution >= 0.6 is 0 Å². The highest BCUT2D eigenvalue weighted by Crippen LogP contribution is 2.22. The molecule has 116 valence electrons. The van der Waals surface area contributed by atoms with Crippen molar-refractivity contribution in [1.82, 2.24) is 0 Å². The first-order valence-corrected chi connectivity index (χ1v) is 7.13. The molecule has 0 aliphatic rings. The van der Waals surface area contributed by atoms with Crippen LogP contribution in [-0.2, 0) is 0 Å². The van der Waals surface area contributed by atoms with Gasteiger partial charge in [-0.15, -0.1) is 0 Å². The number of carbonyl (C=O) groups is 1. The van der Waals surface area contributed by atoms with Crippen molar-refractivity contribution in [3.8, 4) is 5.75 Å². The van der Waals surface area contributed by atoms with E-state index in [1.807, 2.05) is 6.08 Å². The Morgan fingerprint density at radius 2 is 2.00 bits per heavy atom. The Bertz CT molecular complexity index is 501. The molecular formula is C16H21F2NO2. The fourth-order valence-corrected chi connectivity index (χ4v) is 1.88. The Balaban J connectivity index is 2.47. The zero-order chi connectivity index (χ0) is 15.7. The van der Waals surface area contributed by atoms with Crippen molar-refractivity contribution < 1.29 is 18.3 Å². The van der Waals surface area contributed by atoms with Crippen LogP contribution in [0.25, 0.3) is 0 Å². The zero-order valence-electron chi connectivity index (χ0n) is 12.2. The number of rotatable bonds is 9. The molecule has 3 nitrogen and oxygen atoms in total. The molecule has 21 heavy (non-hydrogen) atoms. The Labute approximate surface area is 123 Å². The first-order valence-electron chi connectivity index (χ1n) is 7.13. The summed E-state index contributed by atoms with van der Waals surface area (Å²) in [5.41, 5.74) is 4.16. The molecule has 0 heterocycles. The van der Waals surface area contributed by atoms with Crippen molar-refractivity contribution in [1.29, 1.82) is 0 Å². The van der Waals surface area contributed by atoms with Crippen LogP contribution in [0.5, 0.6) is 5.75 Å². The molecule has 0 saturated heterocycles. The van der Waals surface area contributed by atoms with Gasteiger partial charge in [-0.25, -0.2) is 8.78 Å². The van der Waals surface area contributed by atoms with Crippen molar-refractivity contribution in [3.05, 3.63) is 41.5 Å². The maximum absolute atomic E-state index is 13.8. The number of primary amides is 1. The first-order chi connectivity index (χ1) is 10.1. The molecule has 1 aromatic rings. The quantitative estimate of drug-likeness (QED) is 0.554. The number of halogens is 2. The van der Waals surface area contributed by atoms with Crippen molar-refractivity contribution in [2.75, 3.05) is 6.61 Å². The lowest BCUT2D eigenvalue weighted by Gasteiger charge is -2.07. The molecule has 0 aliphatic heterocycles. The van der Waals surface area contributed by atoms with Gasteiger partial charge in [0.2, 0.25) is 0 Å². The summed E-state index contributed by atoms with van der Waals surface area (Å²) < 4.78 is 32.2. The molecule has 0 radical (unpaired) electrons. The average molecular weight is 297 g/mol. The van der Waals surface area contributed by atoms with Crippen molar-refractivity contribution in [2.45, 2.75) is 39.0 Å². The van der Waals surface area contributed by atoms with Gasteiger partial charge in [0.25, 0.3) is 5.91 Å². The molecule has 0 fully saturated rings. The Kier molecular flexibility index (Phi) is 7.43. The predicted octanol–water partition coefficient (Wildman–Crippen LogP) is 3.97. The van der Waals surface area contributed by atoms with Gasteiger partial charge in [0.15, 0.2) is 11.6 Å². The van der Waals surface area contributed by atoms with Crippen molar-refractivity contribution >= 4 is 5.91 Å². The van der Waals surface area contributed by atoms with E-state index in [4.69, 9.17) is 10.5 Å². The number of hydrogen-bond donors (Lipinski definition) is 1. The molecule has 1 amide bonds. The number of unbranched alkanes of at least 4 members (excludes halogenated alkanes) is 4. The van der Waals surface area contributed by atoms with E-state index < -0.39 is 23.1 Å². The third kappa shape index (κ3) is 5.53. The van der Waals surface area contributed by atoms with E-state index in [2.05, 4.69) is 6.92 Å². The molecule has 1 aromatic carbocycles. The Morgan fingerprint density at radius 1 is 1.24 bits per heavy atom. The van der Waals surface area contributed by atoms with Gasteiger partial charge in [-0.2, -0.15) is 0 Å². The molecule has 0 bridgehead atoms. The van der Waals surface area contributed by atoms with E-state index in [0.717, 1.165) is 25.0 Å². The van der Waals surface area contributed by atoms with E-state index >= 15 is 0 Å². The van der Waals surface area contributed by atoms with Gasteiger partial charge < -0.3 is 10.5 Å². The first kappa shape index (κ1) is 17.1. The van der Waals surface area contributed by atoms with Crippen LogP contribution in [-0.4, -0.2) is 12.5 Å². The van der Waals surface area contributed by atoms with Crippen LogP contribution in [0.2, 0.25) is 0 Å². The van der Waals surface area contributed by atoms with E-state index in [0.29, 0.717) is 0 Å². The van der Waals surface area contributed by atoms with Gasteiger partial charge in [0, 0.05) is 0 Å². The lowest BCUT2D eigenvalue weighted by atomic mass is 10.1. The molecule has 1 rings (SSSR count). The standard InChI is InChI=1S/C16H21F2NO2/c1-2-3-4-5-6-7-8-11-21-13-10-9-12(17)14(15(13)18)16(19)20/h7-10H,2-6,11H2,1H3,(H2,19,20)/b8-7+. The maximum atomic E-state index is 13.8. The van der Waals surface area contributed by atoms with Crippen LogP contribution in [0.1, 0.15) is 49.4 Å². The second-order valence-electron chi connectivity index (χ2n) is 4.73. The number of amides is 1. The highest BCUT2D eigenvalue weighted by molar-refractivity contribution is 5.93. The number of allylic oxidation sites excluding steroid dienone is 1. The van der Waals surface area contributed by atoms with Crippen LogP contribution < -0.4 is 10.5 Å². The number of ether oxygens (including phenoxy) is 1. The summed E-state index contributed by atoms with van der Waals surface area (Å²) >= 11 is 0. The summed E-state index contributed by atoms with van der Waals surface area (Å²) in [6.07, 6.45) is 9.41. The summed E-state index contributed by atoms with van der Waals surface area (Å²) in [5, 5.41) is 0. The van der Waals surface area contributed by atoms with Crippen molar-refractivity contribution in [2.24, 2.45) is 5.73 Å². The van der Waals surface area contributed by atoms with E-state index in [1.54, 1.807) is 6.08 Å². The summed E-state index contributed by atoms with van der Waals surface area (Å²) in [6.45, 7) is 2.32. The highest BCUT2D eigenvalue weighted by atomic mass is 19.1. The van der Waals surface area contributed by atoms with E-state index in [1.165, 1.54) is 19.3 Å².